The molecule has 0 atom stereocenters. The molecule has 3 rings (SSSR count). The third-order valence-corrected chi connectivity index (χ3v) is 3.00. The highest BCUT2D eigenvalue weighted by Crippen LogP contribution is 2.25. The predicted molar refractivity (Wildman–Crippen MR) is 73.1 cm³/mol. The van der Waals surface area contributed by atoms with Crippen LogP contribution < -0.4 is 5.32 Å². The van der Waals surface area contributed by atoms with Gasteiger partial charge in [-0.2, -0.15) is 4.98 Å². The van der Waals surface area contributed by atoms with E-state index >= 15 is 0 Å². The van der Waals surface area contributed by atoms with Gasteiger partial charge in [-0.05, 0) is 36.4 Å². The van der Waals surface area contributed by atoms with Crippen molar-refractivity contribution in [1.29, 1.82) is 0 Å². The van der Waals surface area contributed by atoms with Gasteiger partial charge in [-0.15, -0.1) is 0 Å². The van der Waals surface area contributed by atoms with E-state index in [4.69, 9.17) is 4.42 Å². The second-order valence-corrected chi connectivity index (χ2v) is 4.72. The van der Waals surface area contributed by atoms with Crippen molar-refractivity contribution in [3.8, 4) is 5.75 Å². The molecule has 2 aromatic carbocycles. The number of hydrogen-bond acceptors (Lipinski definition) is 4. The van der Waals surface area contributed by atoms with E-state index in [1.165, 1.54) is 0 Å². The van der Waals surface area contributed by atoms with Crippen LogP contribution in [0.2, 0.25) is 0 Å². The first-order valence-corrected chi connectivity index (χ1v) is 6.12. The zero-order valence-corrected chi connectivity index (χ0v) is 10.8. The summed E-state index contributed by atoms with van der Waals surface area (Å²) in [6.07, 6.45) is 0. The lowest BCUT2D eigenvalue weighted by Crippen LogP contribution is -1.88. The average Bonchev–Trinajstić information content (AvgIpc) is 2.73. The molecule has 5 heteroatoms. The van der Waals surface area contributed by atoms with Gasteiger partial charge in [0.25, 0.3) is 6.01 Å². The van der Waals surface area contributed by atoms with Gasteiger partial charge < -0.3 is 14.8 Å². The molecule has 0 aliphatic heterocycles. The minimum absolute atomic E-state index is 0.172. The van der Waals surface area contributed by atoms with Crippen LogP contribution in [0.15, 0.2) is 51.4 Å². The number of fused-ring (bicyclic) bond motifs is 1. The number of rotatable bonds is 2. The van der Waals surface area contributed by atoms with Crippen molar-refractivity contribution in [1.82, 2.24) is 4.98 Å². The number of anilines is 2. The first-order chi connectivity index (χ1) is 8.70. The van der Waals surface area contributed by atoms with Crippen molar-refractivity contribution in [2.24, 2.45) is 0 Å². The first kappa shape index (κ1) is 11.1. The van der Waals surface area contributed by atoms with Gasteiger partial charge in [0.2, 0.25) is 0 Å². The molecule has 0 fully saturated rings. The van der Waals surface area contributed by atoms with Crippen molar-refractivity contribution >= 4 is 38.7 Å². The van der Waals surface area contributed by atoms with E-state index in [0.717, 1.165) is 10.2 Å². The van der Waals surface area contributed by atoms with Crippen LogP contribution in [0.25, 0.3) is 11.1 Å². The Balaban J connectivity index is 1.92. The lowest BCUT2D eigenvalue weighted by atomic mass is 10.3. The fourth-order valence-corrected chi connectivity index (χ4v) is 1.89. The molecule has 4 nitrogen and oxygen atoms in total. The molecule has 1 aromatic heterocycles. The number of nitrogens with one attached hydrogen (secondary N) is 1. The van der Waals surface area contributed by atoms with Crippen molar-refractivity contribution in [3.05, 3.63) is 46.9 Å². The number of aromatic nitrogens is 1. The van der Waals surface area contributed by atoms with Gasteiger partial charge in [-0.25, -0.2) is 0 Å². The van der Waals surface area contributed by atoms with Crippen LogP contribution in [0.1, 0.15) is 0 Å². The minimum atomic E-state index is 0.172. The second-order valence-electron chi connectivity index (χ2n) is 3.80. The summed E-state index contributed by atoms with van der Waals surface area (Å²) >= 11 is 3.37. The van der Waals surface area contributed by atoms with Gasteiger partial charge in [0, 0.05) is 16.2 Å². The third-order valence-electron chi connectivity index (χ3n) is 2.47. The Labute approximate surface area is 111 Å². The van der Waals surface area contributed by atoms with Gasteiger partial charge in [-0.3, -0.25) is 0 Å². The summed E-state index contributed by atoms with van der Waals surface area (Å²) in [6, 6.07) is 12.9. The Kier molecular flexibility index (Phi) is 2.68. The number of oxazole rings is 1. The maximum atomic E-state index is 9.35. The largest absolute Gasteiger partial charge is 0.508 e. The zero-order chi connectivity index (χ0) is 12.5. The van der Waals surface area contributed by atoms with E-state index < -0.39 is 0 Å². The first-order valence-electron chi connectivity index (χ1n) is 5.33. The molecule has 90 valence electrons. The fourth-order valence-electron chi connectivity index (χ4n) is 1.63. The molecule has 0 amide bonds. The van der Waals surface area contributed by atoms with E-state index in [9.17, 15) is 5.11 Å². The molecule has 18 heavy (non-hydrogen) atoms. The molecule has 0 saturated heterocycles. The second kappa shape index (κ2) is 4.34. The molecular formula is C13H9BrN2O2. The van der Waals surface area contributed by atoms with E-state index in [2.05, 4.69) is 26.2 Å². The molecule has 0 unspecified atom stereocenters. The van der Waals surface area contributed by atoms with E-state index in [0.29, 0.717) is 17.1 Å². The van der Waals surface area contributed by atoms with Crippen LogP contribution in [-0.2, 0) is 0 Å². The summed E-state index contributed by atoms with van der Waals surface area (Å²) in [5, 5.41) is 12.4. The summed E-state index contributed by atoms with van der Waals surface area (Å²) < 4.78 is 6.52. The zero-order valence-electron chi connectivity index (χ0n) is 9.22. The lowest BCUT2D eigenvalue weighted by molar-refractivity contribution is 0.476. The number of halogens is 1. The number of phenols is 1. The minimum Gasteiger partial charge on any atom is -0.508 e. The number of hydrogen-bond donors (Lipinski definition) is 2. The van der Waals surface area contributed by atoms with Crippen molar-refractivity contribution in [2.75, 3.05) is 5.32 Å². The molecule has 0 aliphatic rings. The molecule has 1 heterocycles. The number of phenolic OH excluding ortho intramolecular Hbond substituents is 1. The fraction of sp³-hybridized carbons (Fsp3) is 0. The summed E-state index contributed by atoms with van der Waals surface area (Å²) in [4.78, 5) is 4.24. The standard InChI is InChI=1S/C13H9BrN2O2/c14-8-1-3-9(4-2-8)15-13-16-11-7-10(17)5-6-12(11)18-13/h1-7,17H,(H,15,16). The van der Waals surface area contributed by atoms with Gasteiger partial charge in [0.1, 0.15) is 11.3 Å². The highest BCUT2D eigenvalue weighted by molar-refractivity contribution is 9.10. The van der Waals surface area contributed by atoms with Gasteiger partial charge in [0.15, 0.2) is 5.58 Å². The van der Waals surface area contributed by atoms with Crippen molar-refractivity contribution < 1.29 is 9.52 Å². The van der Waals surface area contributed by atoms with Crippen LogP contribution in [-0.4, -0.2) is 10.1 Å². The summed E-state index contributed by atoms with van der Waals surface area (Å²) in [5.41, 5.74) is 2.14. The number of nitrogens with zero attached hydrogens (tertiary/aromatic N) is 1. The van der Waals surface area contributed by atoms with E-state index in [1.54, 1.807) is 18.2 Å². The molecule has 0 saturated carbocycles. The Hall–Kier alpha value is -2.01. The number of benzene rings is 2. The Morgan fingerprint density at radius 2 is 1.89 bits per heavy atom. The topological polar surface area (TPSA) is 58.3 Å². The highest BCUT2D eigenvalue weighted by Gasteiger charge is 2.06. The molecule has 0 bridgehead atoms. The monoisotopic (exact) mass is 304 g/mol. The molecule has 0 radical (unpaired) electrons. The van der Waals surface area contributed by atoms with Gasteiger partial charge in [0.05, 0.1) is 0 Å². The van der Waals surface area contributed by atoms with E-state index in [1.807, 2.05) is 24.3 Å². The molecule has 0 aliphatic carbocycles. The highest BCUT2D eigenvalue weighted by atomic mass is 79.9. The van der Waals surface area contributed by atoms with Crippen molar-refractivity contribution in [3.63, 3.8) is 0 Å². The van der Waals surface area contributed by atoms with Crippen LogP contribution >= 0.6 is 15.9 Å². The van der Waals surface area contributed by atoms with Crippen molar-refractivity contribution in [2.45, 2.75) is 0 Å². The lowest BCUT2D eigenvalue weighted by Gasteiger charge is -2.00. The summed E-state index contributed by atoms with van der Waals surface area (Å²) in [5.74, 6) is 0.172. The quantitative estimate of drug-likeness (QED) is 0.750. The Bertz CT molecular complexity index is 692. The van der Waals surface area contributed by atoms with Gasteiger partial charge >= 0.3 is 0 Å². The van der Waals surface area contributed by atoms with E-state index in [-0.39, 0.29) is 5.75 Å². The maximum absolute atomic E-state index is 9.35. The average molecular weight is 305 g/mol. The van der Waals surface area contributed by atoms with Crippen LogP contribution in [0.3, 0.4) is 0 Å². The predicted octanol–water partition coefficient (Wildman–Crippen LogP) is 4.04. The normalized spacial score (nSPS) is 10.7. The summed E-state index contributed by atoms with van der Waals surface area (Å²) in [7, 11) is 0. The smallest absolute Gasteiger partial charge is 0.300 e. The summed E-state index contributed by atoms with van der Waals surface area (Å²) in [6.45, 7) is 0. The van der Waals surface area contributed by atoms with Crippen LogP contribution in [0.4, 0.5) is 11.7 Å². The van der Waals surface area contributed by atoms with Crippen LogP contribution in [0, 0.1) is 0 Å². The molecule has 0 spiro atoms. The molecule has 3 aromatic rings. The third kappa shape index (κ3) is 2.17. The Morgan fingerprint density at radius 3 is 2.67 bits per heavy atom. The van der Waals surface area contributed by atoms with Gasteiger partial charge in [-0.1, -0.05) is 15.9 Å². The SMILES string of the molecule is Oc1ccc2oc(Nc3ccc(Br)cc3)nc2c1. The Morgan fingerprint density at radius 1 is 1.11 bits per heavy atom. The maximum Gasteiger partial charge on any atom is 0.300 e. The molecular weight excluding hydrogens is 296 g/mol. The number of aromatic hydroxyl groups is 1. The molecule has 2 N–H and O–H groups in total. The van der Waals surface area contributed by atoms with Crippen LogP contribution in [0.5, 0.6) is 5.75 Å².